The molecule has 0 radical (unpaired) electrons. The maximum atomic E-state index is 5.49. The second kappa shape index (κ2) is 10.0. The maximum absolute atomic E-state index is 5.49. The lowest BCUT2D eigenvalue weighted by atomic mass is 9.44. The Labute approximate surface area is 251 Å². The summed E-state index contributed by atoms with van der Waals surface area (Å²) in [4.78, 5) is 8.61. The second-order valence-corrected chi connectivity index (χ2v) is 14.2. The van der Waals surface area contributed by atoms with Crippen molar-refractivity contribution in [2.75, 3.05) is 21.3 Å². The number of methoxy groups -OCH3 is 3. The standard InChI is InChI=1S/C36H45N3O3/c1-34-22-35(2)24-36(3,23-34)33-38(20-26-9-15-29(41-5)16-10-26)31(34)37(19-25-7-13-28(40-4)14-8-25)32(35)39(33)21-27-11-17-30(42-6)18-12-27/h7-18,31-33H,19-24H2,1-6H3. The van der Waals surface area contributed by atoms with Gasteiger partial charge >= 0.3 is 0 Å². The molecule has 1 aliphatic carbocycles. The normalized spacial score (nSPS) is 33.7. The van der Waals surface area contributed by atoms with E-state index >= 15 is 0 Å². The van der Waals surface area contributed by atoms with Gasteiger partial charge in [0.2, 0.25) is 0 Å². The van der Waals surface area contributed by atoms with E-state index in [2.05, 4.69) is 108 Å². The lowest BCUT2D eigenvalue weighted by molar-refractivity contribution is -0.378. The summed E-state index contributed by atoms with van der Waals surface area (Å²) in [6.45, 7) is 10.5. The molecule has 5 aliphatic rings. The molecule has 0 atom stereocenters. The highest BCUT2D eigenvalue weighted by atomic mass is 16.5. The predicted octanol–water partition coefficient (Wildman–Crippen LogP) is 6.74. The van der Waals surface area contributed by atoms with E-state index in [0.717, 1.165) is 36.9 Å². The number of rotatable bonds is 9. The molecule has 222 valence electrons. The fourth-order valence-electron chi connectivity index (χ4n) is 10.2. The summed E-state index contributed by atoms with van der Waals surface area (Å²) < 4.78 is 16.5. The van der Waals surface area contributed by atoms with Gasteiger partial charge in [-0.2, -0.15) is 0 Å². The first-order valence-corrected chi connectivity index (χ1v) is 15.3. The van der Waals surface area contributed by atoms with Crippen LogP contribution in [0, 0.1) is 16.2 Å². The highest BCUT2D eigenvalue weighted by molar-refractivity contribution is 5.32. The molecular weight excluding hydrogens is 522 g/mol. The zero-order valence-corrected chi connectivity index (χ0v) is 26.0. The van der Waals surface area contributed by atoms with Gasteiger partial charge in [-0.1, -0.05) is 57.2 Å². The highest BCUT2D eigenvalue weighted by Gasteiger charge is 2.74. The lowest BCUT2D eigenvalue weighted by Crippen LogP contribution is -2.88. The zero-order valence-electron chi connectivity index (χ0n) is 26.0. The van der Waals surface area contributed by atoms with Crippen LogP contribution in [-0.4, -0.2) is 54.5 Å². The molecule has 6 heteroatoms. The van der Waals surface area contributed by atoms with Crippen LogP contribution in [0.15, 0.2) is 72.8 Å². The third kappa shape index (κ3) is 4.33. The van der Waals surface area contributed by atoms with Gasteiger partial charge in [0.15, 0.2) is 0 Å². The summed E-state index contributed by atoms with van der Waals surface area (Å²) in [5.41, 5.74) is 4.69. The number of hydrogen-bond acceptors (Lipinski definition) is 6. The zero-order chi connectivity index (χ0) is 29.3. The molecule has 4 saturated heterocycles. The molecule has 0 amide bonds. The van der Waals surface area contributed by atoms with Crippen molar-refractivity contribution in [3.63, 3.8) is 0 Å². The summed E-state index contributed by atoms with van der Waals surface area (Å²) >= 11 is 0. The average Bonchev–Trinajstić information content (AvgIpc) is 2.96. The second-order valence-electron chi connectivity index (χ2n) is 14.2. The monoisotopic (exact) mass is 567 g/mol. The summed E-state index contributed by atoms with van der Waals surface area (Å²) in [6, 6.07) is 26.1. The molecule has 0 unspecified atom stereocenters. The fourth-order valence-corrected chi connectivity index (χ4v) is 10.2. The predicted molar refractivity (Wildman–Crippen MR) is 165 cm³/mol. The van der Waals surface area contributed by atoms with Crippen molar-refractivity contribution in [2.45, 2.75) is 78.2 Å². The average molecular weight is 568 g/mol. The first kappa shape index (κ1) is 27.8. The number of benzene rings is 3. The lowest BCUT2D eigenvalue weighted by Gasteiger charge is -2.81. The molecule has 0 spiro atoms. The van der Waals surface area contributed by atoms with Crippen LogP contribution in [0.3, 0.4) is 0 Å². The largest absolute Gasteiger partial charge is 0.497 e. The van der Waals surface area contributed by atoms with Crippen LogP contribution >= 0.6 is 0 Å². The fraction of sp³-hybridized carbons (Fsp3) is 0.500. The Balaban J connectivity index is 1.33. The van der Waals surface area contributed by atoms with Crippen LogP contribution in [0.1, 0.15) is 56.7 Å². The van der Waals surface area contributed by atoms with Crippen LogP contribution in [0.25, 0.3) is 0 Å². The van der Waals surface area contributed by atoms with Crippen molar-refractivity contribution in [1.82, 2.24) is 14.7 Å². The summed E-state index contributed by atoms with van der Waals surface area (Å²) in [5.74, 6) is 2.73. The van der Waals surface area contributed by atoms with E-state index in [-0.39, 0.29) is 16.2 Å². The van der Waals surface area contributed by atoms with E-state index in [0.29, 0.717) is 18.5 Å². The molecular formula is C36H45N3O3. The van der Waals surface area contributed by atoms with Crippen LogP contribution in [-0.2, 0) is 19.6 Å². The van der Waals surface area contributed by atoms with Gasteiger partial charge in [-0.25, -0.2) is 0 Å². The molecule has 8 rings (SSSR count). The molecule has 0 N–H and O–H groups in total. The quantitative estimate of drug-likeness (QED) is 0.285. The molecule has 4 heterocycles. The van der Waals surface area contributed by atoms with E-state index in [4.69, 9.17) is 14.2 Å². The van der Waals surface area contributed by atoms with Crippen LogP contribution in [0.2, 0.25) is 0 Å². The third-order valence-corrected chi connectivity index (χ3v) is 10.8. The molecule has 0 aromatic heterocycles. The van der Waals surface area contributed by atoms with Crippen molar-refractivity contribution >= 4 is 0 Å². The molecule has 5 fully saturated rings. The van der Waals surface area contributed by atoms with Gasteiger partial charge in [-0.15, -0.1) is 0 Å². The van der Waals surface area contributed by atoms with E-state index in [1.54, 1.807) is 21.3 Å². The van der Waals surface area contributed by atoms with Gasteiger partial charge < -0.3 is 14.2 Å². The van der Waals surface area contributed by atoms with E-state index in [1.807, 2.05) is 0 Å². The first-order valence-electron chi connectivity index (χ1n) is 15.3. The van der Waals surface area contributed by atoms with Crippen molar-refractivity contribution < 1.29 is 14.2 Å². The Bertz CT molecular complexity index is 1230. The van der Waals surface area contributed by atoms with Gasteiger partial charge in [0, 0.05) is 19.6 Å². The Morgan fingerprint density at radius 2 is 0.714 bits per heavy atom. The number of piperidine rings is 3. The molecule has 6 nitrogen and oxygen atoms in total. The summed E-state index contributed by atoms with van der Waals surface area (Å²) in [5, 5.41) is 0. The number of ether oxygens (including phenoxy) is 3. The summed E-state index contributed by atoms with van der Waals surface area (Å²) in [6.07, 6.45) is 4.87. The molecule has 3 aromatic carbocycles. The first-order chi connectivity index (χ1) is 20.2. The topological polar surface area (TPSA) is 37.4 Å². The SMILES string of the molecule is COc1ccc(CN2C3N(Cc4ccc(OC)cc4)C4N(Cc5ccc(OC)cc5)C2C2(C)CC3(C)CC4(C)C2)cc1. The smallest absolute Gasteiger partial charge is 0.118 e. The molecule has 42 heavy (non-hydrogen) atoms. The van der Waals surface area contributed by atoms with E-state index in [1.165, 1.54) is 36.0 Å². The highest BCUT2D eigenvalue weighted by Crippen LogP contribution is 2.71. The molecule has 1 saturated carbocycles. The van der Waals surface area contributed by atoms with Gasteiger partial charge in [0.05, 0.1) is 39.8 Å². The third-order valence-electron chi connectivity index (χ3n) is 10.8. The Hall–Kier alpha value is -3.06. The maximum Gasteiger partial charge on any atom is 0.118 e. The van der Waals surface area contributed by atoms with Gasteiger partial charge in [0.25, 0.3) is 0 Å². The van der Waals surface area contributed by atoms with Crippen molar-refractivity contribution in [1.29, 1.82) is 0 Å². The van der Waals surface area contributed by atoms with Crippen LogP contribution in [0.5, 0.6) is 17.2 Å². The van der Waals surface area contributed by atoms with Crippen molar-refractivity contribution in [3.8, 4) is 17.2 Å². The number of hydrogen-bond donors (Lipinski definition) is 0. The van der Waals surface area contributed by atoms with Crippen molar-refractivity contribution in [2.24, 2.45) is 16.2 Å². The van der Waals surface area contributed by atoms with Gasteiger partial charge in [-0.05, 0) is 88.6 Å². The van der Waals surface area contributed by atoms with Gasteiger partial charge in [0.1, 0.15) is 17.2 Å². The Morgan fingerprint density at radius 1 is 0.476 bits per heavy atom. The molecule has 4 aliphatic heterocycles. The minimum absolute atomic E-state index is 0.222. The van der Waals surface area contributed by atoms with Crippen molar-refractivity contribution in [3.05, 3.63) is 89.5 Å². The minimum atomic E-state index is 0.222. The van der Waals surface area contributed by atoms with Gasteiger partial charge in [-0.3, -0.25) is 14.7 Å². The van der Waals surface area contributed by atoms with E-state index in [9.17, 15) is 0 Å². The molecule has 6 bridgehead atoms. The molecule has 3 aromatic rings. The van der Waals surface area contributed by atoms with Crippen LogP contribution in [0.4, 0.5) is 0 Å². The summed E-state index contributed by atoms with van der Waals surface area (Å²) in [7, 11) is 5.22. The Morgan fingerprint density at radius 3 is 0.929 bits per heavy atom. The Kier molecular flexibility index (Phi) is 6.61. The number of nitrogens with zero attached hydrogens (tertiary/aromatic N) is 3. The van der Waals surface area contributed by atoms with Crippen LogP contribution < -0.4 is 14.2 Å². The van der Waals surface area contributed by atoms with E-state index < -0.39 is 0 Å². The minimum Gasteiger partial charge on any atom is -0.497 e.